The van der Waals surface area contributed by atoms with Gasteiger partial charge in [-0.05, 0) is 68.7 Å². The Kier molecular flexibility index (Phi) is 5.27. The standard InChI is InChI=1S/C26H27N3O2/c1-16-14-19(4)28-23(15-16)27-24(21-12-7-8-13-22(21)31-6)26(28)29(20(5)30)25-17(2)10-9-11-18(25)3/h7-15H,1-6H3. The van der Waals surface area contributed by atoms with E-state index in [2.05, 4.69) is 17.4 Å². The second kappa shape index (κ2) is 7.91. The third-order valence-corrected chi connectivity index (χ3v) is 5.58. The second-order valence-electron chi connectivity index (χ2n) is 7.95. The quantitative estimate of drug-likeness (QED) is 0.417. The van der Waals surface area contributed by atoms with E-state index >= 15 is 0 Å². The Hall–Kier alpha value is -3.60. The summed E-state index contributed by atoms with van der Waals surface area (Å²) in [5, 5.41) is 0. The van der Waals surface area contributed by atoms with E-state index in [0.29, 0.717) is 11.4 Å². The average Bonchev–Trinajstić information content (AvgIpc) is 3.09. The summed E-state index contributed by atoms with van der Waals surface area (Å²) in [6.45, 7) is 9.75. The molecule has 5 heteroatoms. The van der Waals surface area contributed by atoms with Gasteiger partial charge in [-0.25, -0.2) is 4.98 Å². The van der Waals surface area contributed by atoms with Crippen LogP contribution in [-0.2, 0) is 4.79 Å². The van der Waals surface area contributed by atoms with Gasteiger partial charge >= 0.3 is 0 Å². The first-order chi connectivity index (χ1) is 14.8. The van der Waals surface area contributed by atoms with E-state index < -0.39 is 0 Å². The van der Waals surface area contributed by atoms with E-state index in [-0.39, 0.29) is 5.91 Å². The largest absolute Gasteiger partial charge is 0.496 e. The number of fused-ring (bicyclic) bond motifs is 1. The van der Waals surface area contributed by atoms with Crippen LogP contribution < -0.4 is 9.64 Å². The number of benzene rings is 2. The number of ether oxygens (including phenoxy) is 1. The van der Waals surface area contributed by atoms with Crippen molar-refractivity contribution in [1.82, 2.24) is 9.38 Å². The number of nitrogens with zero attached hydrogens (tertiary/aromatic N) is 3. The van der Waals surface area contributed by atoms with Crippen molar-refractivity contribution in [2.75, 3.05) is 12.0 Å². The van der Waals surface area contributed by atoms with Gasteiger partial charge < -0.3 is 4.74 Å². The molecule has 0 atom stereocenters. The molecule has 0 aliphatic heterocycles. The lowest BCUT2D eigenvalue weighted by atomic mass is 10.1. The molecule has 31 heavy (non-hydrogen) atoms. The minimum atomic E-state index is -0.0738. The van der Waals surface area contributed by atoms with Crippen LogP contribution in [0.25, 0.3) is 16.9 Å². The van der Waals surface area contributed by atoms with Crippen molar-refractivity contribution >= 4 is 23.1 Å². The number of para-hydroxylation sites is 2. The van der Waals surface area contributed by atoms with E-state index in [0.717, 1.165) is 45.1 Å². The molecule has 0 radical (unpaired) electrons. The number of carbonyl (C=O) groups excluding carboxylic acids is 1. The highest BCUT2D eigenvalue weighted by molar-refractivity contribution is 6.03. The number of aryl methyl sites for hydroxylation is 4. The predicted octanol–water partition coefficient (Wildman–Crippen LogP) is 5.93. The number of anilines is 2. The molecule has 1 amide bonds. The summed E-state index contributed by atoms with van der Waals surface area (Å²) in [5.41, 5.74) is 7.42. The molecule has 0 saturated heterocycles. The SMILES string of the molecule is COc1ccccc1-c1nc2cc(C)cc(C)n2c1N(C(C)=O)c1c(C)cccc1C. The van der Waals surface area contributed by atoms with Crippen LogP contribution in [0.15, 0.2) is 54.6 Å². The molecule has 0 bridgehead atoms. The average molecular weight is 414 g/mol. The second-order valence-corrected chi connectivity index (χ2v) is 7.95. The molecule has 0 saturated carbocycles. The van der Waals surface area contributed by atoms with Crippen LogP contribution in [0.2, 0.25) is 0 Å². The third kappa shape index (κ3) is 3.46. The van der Waals surface area contributed by atoms with Crippen molar-refractivity contribution in [3.63, 3.8) is 0 Å². The smallest absolute Gasteiger partial charge is 0.229 e. The van der Waals surface area contributed by atoms with Gasteiger partial charge in [-0.3, -0.25) is 14.1 Å². The molecule has 2 aromatic carbocycles. The molecule has 0 aliphatic rings. The van der Waals surface area contributed by atoms with Gasteiger partial charge in [0.1, 0.15) is 17.1 Å². The van der Waals surface area contributed by atoms with Crippen molar-refractivity contribution in [2.45, 2.75) is 34.6 Å². The summed E-state index contributed by atoms with van der Waals surface area (Å²) < 4.78 is 7.70. The fourth-order valence-corrected chi connectivity index (χ4v) is 4.31. The van der Waals surface area contributed by atoms with Crippen LogP contribution in [-0.4, -0.2) is 22.4 Å². The minimum absolute atomic E-state index is 0.0738. The fourth-order valence-electron chi connectivity index (χ4n) is 4.31. The van der Waals surface area contributed by atoms with Crippen molar-refractivity contribution < 1.29 is 9.53 Å². The Morgan fingerprint density at radius 2 is 1.65 bits per heavy atom. The molecule has 158 valence electrons. The lowest BCUT2D eigenvalue weighted by molar-refractivity contribution is -0.115. The number of methoxy groups -OCH3 is 1. The zero-order valence-electron chi connectivity index (χ0n) is 18.9. The monoisotopic (exact) mass is 413 g/mol. The van der Waals surface area contributed by atoms with Crippen LogP contribution in [0.5, 0.6) is 5.75 Å². The molecule has 0 unspecified atom stereocenters. The maximum Gasteiger partial charge on any atom is 0.229 e. The van der Waals surface area contributed by atoms with E-state index in [9.17, 15) is 4.79 Å². The highest BCUT2D eigenvalue weighted by atomic mass is 16.5. The Labute approximate surface area is 182 Å². The lowest BCUT2D eigenvalue weighted by Gasteiger charge is -2.26. The maximum absolute atomic E-state index is 13.2. The van der Waals surface area contributed by atoms with Crippen LogP contribution in [0.4, 0.5) is 11.5 Å². The number of aromatic nitrogens is 2. The summed E-state index contributed by atoms with van der Waals surface area (Å²) >= 11 is 0. The number of imidazole rings is 1. The van der Waals surface area contributed by atoms with Gasteiger partial charge in [-0.2, -0.15) is 0 Å². The van der Waals surface area contributed by atoms with Crippen molar-refractivity contribution in [2.24, 2.45) is 0 Å². The van der Waals surface area contributed by atoms with E-state index in [4.69, 9.17) is 9.72 Å². The number of hydrogen-bond acceptors (Lipinski definition) is 3. The van der Waals surface area contributed by atoms with Crippen molar-refractivity contribution in [1.29, 1.82) is 0 Å². The predicted molar refractivity (Wildman–Crippen MR) is 125 cm³/mol. The van der Waals surface area contributed by atoms with Crippen LogP contribution in [0.1, 0.15) is 29.3 Å². The van der Waals surface area contributed by atoms with Gasteiger partial charge in [-0.15, -0.1) is 0 Å². The number of rotatable bonds is 4. The molecular weight excluding hydrogens is 386 g/mol. The van der Waals surface area contributed by atoms with Gasteiger partial charge in [0.2, 0.25) is 5.91 Å². The molecule has 0 spiro atoms. The Bertz CT molecular complexity index is 1280. The molecule has 0 N–H and O–H groups in total. The molecule has 5 nitrogen and oxygen atoms in total. The zero-order valence-corrected chi connectivity index (χ0v) is 18.9. The first-order valence-corrected chi connectivity index (χ1v) is 10.3. The van der Waals surface area contributed by atoms with Crippen molar-refractivity contribution in [3.8, 4) is 17.0 Å². The van der Waals surface area contributed by atoms with Gasteiger partial charge in [0.15, 0.2) is 5.82 Å². The topological polar surface area (TPSA) is 46.8 Å². The normalized spacial score (nSPS) is 11.0. The van der Waals surface area contributed by atoms with Gasteiger partial charge in [-0.1, -0.05) is 30.3 Å². The Balaban J connectivity index is 2.16. The summed E-state index contributed by atoms with van der Waals surface area (Å²) in [6, 6.07) is 18.0. The van der Waals surface area contributed by atoms with Crippen LogP contribution in [0, 0.1) is 27.7 Å². The molecule has 2 heterocycles. The molecule has 0 fully saturated rings. The molecule has 0 aliphatic carbocycles. The molecule has 2 aromatic heterocycles. The van der Waals surface area contributed by atoms with E-state index in [1.165, 1.54) is 0 Å². The van der Waals surface area contributed by atoms with Crippen LogP contribution >= 0.6 is 0 Å². The summed E-state index contributed by atoms with van der Waals surface area (Å²) in [4.78, 5) is 19.9. The Morgan fingerprint density at radius 1 is 0.968 bits per heavy atom. The molecule has 4 aromatic rings. The van der Waals surface area contributed by atoms with Gasteiger partial charge in [0.25, 0.3) is 0 Å². The fraction of sp³-hybridized carbons (Fsp3) is 0.231. The highest BCUT2D eigenvalue weighted by Crippen LogP contribution is 2.42. The van der Waals surface area contributed by atoms with E-state index in [1.807, 2.05) is 69.3 Å². The maximum atomic E-state index is 13.2. The first-order valence-electron chi connectivity index (χ1n) is 10.3. The van der Waals surface area contributed by atoms with Gasteiger partial charge in [0, 0.05) is 18.2 Å². The van der Waals surface area contributed by atoms with Crippen molar-refractivity contribution in [3.05, 3.63) is 77.0 Å². The first kappa shape index (κ1) is 20.7. The van der Waals surface area contributed by atoms with Gasteiger partial charge in [0.05, 0.1) is 12.8 Å². The number of carbonyl (C=O) groups is 1. The molecular formula is C26H27N3O2. The lowest BCUT2D eigenvalue weighted by Crippen LogP contribution is -2.26. The number of pyridine rings is 1. The zero-order chi connectivity index (χ0) is 22.3. The minimum Gasteiger partial charge on any atom is -0.496 e. The summed E-state index contributed by atoms with van der Waals surface area (Å²) in [6.07, 6.45) is 0. The van der Waals surface area contributed by atoms with E-state index in [1.54, 1.807) is 18.9 Å². The number of hydrogen-bond donors (Lipinski definition) is 0. The third-order valence-electron chi connectivity index (χ3n) is 5.58. The highest BCUT2D eigenvalue weighted by Gasteiger charge is 2.28. The molecule has 4 rings (SSSR count). The Morgan fingerprint density at radius 3 is 2.29 bits per heavy atom. The number of amides is 1. The summed E-state index contributed by atoms with van der Waals surface area (Å²) in [7, 11) is 1.65. The summed E-state index contributed by atoms with van der Waals surface area (Å²) in [5.74, 6) is 1.36. The van der Waals surface area contributed by atoms with Crippen LogP contribution in [0.3, 0.4) is 0 Å².